The number of rotatable bonds is 24. The van der Waals surface area contributed by atoms with Crippen LogP contribution in [0, 0.1) is 5.92 Å². The largest absolute Gasteiger partial charge is 0.465 e. The maximum atomic E-state index is 12.9. The summed E-state index contributed by atoms with van der Waals surface area (Å²) in [4.78, 5) is 73.6. The van der Waals surface area contributed by atoms with Gasteiger partial charge in [0.05, 0.1) is 17.8 Å². The van der Waals surface area contributed by atoms with E-state index in [9.17, 15) is 28.8 Å². The van der Waals surface area contributed by atoms with E-state index in [0.29, 0.717) is 13.0 Å². The van der Waals surface area contributed by atoms with Crippen LogP contribution >= 0.6 is 0 Å². The molecule has 16 heteroatoms. The van der Waals surface area contributed by atoms with Crippen LogP contribution in [0.5, 0.6) is 0 Å². The van der Waals surface area contributed by atoms with Gasteiger partial charge in [-0.2, -0.15) is 0 Å². The van der Waals surface area contributed by atoms with Gasteiger partial charge < -0.3 is 51.2 Å². The third-order valence-electron chi connectivity index (χ3n) is 7.47. The van der Waals surface area contributed by atoms with Crippen molar-refractivity contribution >= 4 is 35.8 Å². The number of hydrogen-bond donors (Lipinski definition) is 5. The maximum Gasteiger partial charge on any atom is 0.407 e. The molecule has 0 atom stereocenters. The smallest absolute Gasteiger partial charge is 0.407 e. The fourth-order valence-corrected chi connectivity index (χ4v) is 3.93. The highest BCUT2D eigenvalue weighted by atomic mass is 16.6. The Hall–Kier alpha value is -3.66. The second-order valence-electron chi connectivity index (χ2n) is 14.9. The summed E-state index contributed by atoms with van der Waals surface area (Å²) in [7, 11) is 0. The Morgan fingerprint density at radius 2 is 1.16 bits per heavy atom. The Morgan fingerprint density at radius 1 is 0.686 bits per heavy atom. The average molecular weight is 733 g/mol. The predicted molar refractivity (Wildman–Crippen MR) is 195 cm³/mol. The second kappa shape index (κ2) is 25.3. The van der Waals surface area contributed by atoms with Gasteiger partial charge in [-0.1, -0.05) is 20.8 Å². The Kier molecular flexibility index (Phi) is 24.5. The summed E-state index contributed by atoms with van der Waals surface area (Å²) < 4.78 is 16.8. The van der Waals surface area contributed by atoms with Gasteiger partial charge in [-0.05, 0) is 67.2 Å². The normalized spacial score (nSPS) is 11.6. The molecule has 298 valence electrons. The molecule has 0 aliphatic heterocycles. The molecule has 0 saturated carbocycles. The third-order valence-corrected chi connectivity index (χ3v) is 7.47. The van der Waals surface area contributed by atoms with Crippen LogP contribution in [0.3, 0.4) is 0 Å². The van der Waals surface area contributed by atoms with Crippen LogP contribution in [0.1, 0.15) is 114 Å². The lowest BCUT2D eigenvalue weighted by atomic mass is 10.0. The zero-order valence-corrected chi connectivity index (χ0v) is 32.9. The maximum absolute atomic E-state index is 12.9. The molecule has 7 N–H and O–H groups in total. The number of alkyl carbamates (subject to hydrolysis) is 1. The monoisotopic (exact) mass is 732 g/mol. The molecule has 0 unspecified atom stereocenters. The molecule has 0 fully saturated rings. The van der Waals surface area contributed by atoms with E-state index in [1.165, 1.54) is 9.80 Å². The van der Waals surface area contributed by atoms with Crippen molar-refractivity contribution in [3.8, 4) is 0 Å². The van der Waals surface area contributed by atoms with Gasteiger partial charge in [0.25, 0.3) is 0 Å². The first-order valence-corrected chi connectivity index (χ1v) is 17.7. The highest BCUT2D eigenvalue weighted by Crippen LogP contribution is 2.19. The molecule has 0 aromatic rings. The van der Waals surface area contributed by atoms with E-state index < -0.39 is 41.4 Å². The van der Waals surface area contributed by atoms with E-state index in [1.807, 2.05) is 20.8 Å². The first kappa shape index (κ1) is 49.5. The summed E-state index contributed by atoms with van der Waals surface area (Å²) >= 11 is 0. The van der Waals surface area contributed by atoms with Crippen LogP contribution in [0.4, 0.5) is 9.59 Å². The Labute approximate surface area is 305 Å². The number of carbonyl (C=O) groups is 6. The number of nitrogens with two attached hydrogens (primary N) is 2. The summed E-state index contributed by atoms with van der Waals surface area (Å²) in [6.45, 7) is 21.3. The van der Waals surface area contributed by atoms with Crippen LogP contribution in [-0.4, -0.2) is 120 Å². The third kappa shape index (κ3) is 30.9. The summed E-state index contributed by atoms with van der Waals surface area (Å²) in [5, 5.41) is 13.3. The van der Waals surface area contributed by atoms with Crippen molar-refractivity contribution in [3.63, 3.8) is 0 Å². The average Bonchev–Trinajstić information content (AvgIpc) is 2.96. The topological polar surface area (TPSA) is 233 Å². The molecule has 0 rings (SSSR count). The van der Waals surface area contributed by atoms with Crippen molar-refractivity contribution in [2.75, 3.05) is 52.5 Å². The Morgan fingerprint density at radius 3 is 1.55 bits per heavy atom. The molecule has 0 aliphatic rings. The van der Waals surface area contributed by atoms with Gasteiger partial charge in [-0.25, -0.2) is 9.59 Å². The SMILES string of the molecule is CC(C)CCOC(C)(C)C.CCC(C)(C)OCCC(C)(C)OC(=O)NCCC(=O)N(CCC(N)=O)CCN(CCC(N)=O)C(=O)CCNC(=O)O. The van der Waals surface area contributed by atoms with Crippen LogP contribution in [0.25, 0.3) is 0 Å². The fraction of sp³-hybridized carbons (Fsp3) is 0.829. The van der Waals surface area contributed by atoms with Crippen molar-refractivity contribution in [1.29, 1.82) is 0 Å². The van der Waals surface area contributed by atoms with Crippen LogP contribution in [0.15, 0.2) is 0 Å². The molecule has 0 saturated heterocycles. The lowest BCUT2D eigenvalue weighted by molar-refractivity contribution is -0.136. The first-order valence-electron chi connectivity index (χ1n) is 17.7. The fourth-order valence-electron chi connectivity index (χ4n) is 3.93. The molecule has 0 aliphatic carbocycles. The van der Waals surface area contributed by atoms with Gasteiger partial charge >= 0.3 is 12.2 Å². The Bertz CT molecular complexity index is 1080. The molecule has 0 aromatic carbocycles. The minimum atomic E-state index is -1.28. The van der Waals surface area contributed by atoms with E-state index in [1.54, 1.807) is 13.8 Å². The number of amides is 6. The van der Waals surface area contributed by atoms with Gasteiger partial charge in [-0.15, -0.1) is 0 Å². The van der Waals surface area contributed by atoms with E-state index in [-0.39, 0.29) is 76.2 Å². The van der Waals surface area contributed by atoms with Gasteiger partial charge in [0.2, 0.25) is 23.6 Å². The van der Waals surface area contributed by atoms with Crippen molar-refractivity contribution in [3.05, 3.63) is 0 Å². The number of ether oxygens (including phenoxy) is 3. The second-order valence-corrected chi connectivity index (χ2v) is 14.9. The zero-order chi connectivity index (χ0) is 39.8. The number of carboxylic acid groups (broad SMARTS) is 1. The van der Waals surface area contributed by atoms with Crippen molar-refractivity contribution < 1.29 is 48.1 Å². The van der Waals surface area contributed by atoms with Gasteiger partial charge in [0.15, 0.2) is 0 Å². The number of hydrogen-bond acceptors (Lipinski definition) is 9. The molecule has 0 aromatic heterocycles. The van der Waals surface area contributed by atoms with Gasteiger partial charge in [0.1, 0.15) is 5.60 Å². The lowest BCUT2D eigenvalue weighted by Gasteiger charge is -2.29. The highest BCUT2D eigenvalue weighted by Gasteiger charge is 2.25. The highest BCUT2D eigenvalue weighted by molar-refractivity contribution is 5.80. The summed E-state index contributed by atoms with van der Waals surface area (Å²) in [5.41, 5.74) is 9.40. The van der Waals surface area contributed by atoms with E-state index >= 15 is 0 Å². The van der Waals surface area contributed by atoms with Crippen LogP contribution in [0.2, 0.25) is 0 Å². The number of carbonyl (C=O) groups excluding carboxylic acids is 5. The van der Waals surface area contributed by atoms with E-state index in [4.69, 9.17) is 30.8 Å². The quantitative estimate of drug-likeness (QED) is 0.0971. The van der Waals surface area contributed by atoms with Crippen molar-refractivity contribution in [1.82, 2.24) is 20.4 Å². The number of primary amides is 2. The molecule has 0 radical (unpaired) electrons. The summed E-state index contributed by atoms with van der Waals surface area (Å²) in [6.07, 6.45) is -0.0215. The van der Waals surface area contributed by atoms with E-state index in [0.717, 1.165) is 25.4 Å². The lowest BCUT2D eigenvalue weighted by Crippen LogP contribution is -2.44. The predicted octanol–water partition coefficient (Wildman–Crippen LogP) is 3.39. The van der Waals surface area contributed by atoms with Gasteiger partial charge in [0, 0.05) is 78.0 Å². The Balaban J connectivity index is 0. The molecule has 51 heavy (non-hydrogen) atoms. The standard InChI is InChI=1S/C26H48N6O9.C9H20O/c1-6-25(2,3)40-18-11-26(4,5)41-24(39)30-13-8-22(36)32(15-10-20(28)34)17-16-31(14-9-19(27)33)21(35)7-12-29-23(37)38;1-8(2)6-7-10-9(3,4)5/h29H,6-18H2,1-5H3,(H2,27,33)(H2,28,34)(H,30,39)(H,37,38);8H,6-7H2,1-5H3. The van der Waals surface area contributed by atoms with Crippen molar-refractivity contribution in [2.45, 2.75) is 131 Å². The summed E-state index contributed by atoms with van der Waals surface area (Å²) in [6, 6.07) is 0. The molecule has 0 heterocycles. The summed E-state index contributed by atoms with van der Waals surface area (Å²) in [5.74, 6) is -1.36. The van der Waals surface area contributed by atoms with Crippen LogP contribution < -0.4 is 22.1 Å². The first-order chi connectivity index (χ1) is 23.4. The van der Waals surface area contributed by atoms with Gasteiger partial charge in [-0.3, -0.25) is 19.2 Å². The molecule has 6 amide bonds. The zero-order valence-electron chi connectivity index (χ0n) is 32.9. The minimum absolute atomic E-state index is 0.00422. The van der Waals surface area contributed by atoms with E-state index in [2.05, 4.69) is 45.3 Å². The molecule has 16 nitrogen and oxygen atoms in total. The molecule has 0 bridgehead atoms. The molecular weight excluding hydrogens is 664 g/mol. The molecular formula is C35H68N6O10. The van der Waals surface area contributed by atoms with Crippen molar-refractivity contribution in [2.24, 2.45) is 17.4 Å². The minimum Gasteiger partial charge on any atom is -0.465 e. The number of nitrogens with one attached hydrogen (secondary N) is 2. The van der Waals surface area contributed by atoms with Crippen LogP contribution in [-0.2, 0) is 33.4 Å². The number of nitrogens with zero attached hydrogens (tertiary/aromatic N) is 2. The molecule has 0 spiro atoms.